The van der Waals surface area contributed by atoms with Gasteiger partial charge in [0.25, 0.3) is 0 Å². The highest BCUT2D eigenvalue weighted by molar-refractivity contribution is 7.80. The zero-order valence-electron chi connectivity index (χ0n) is 10.5. The Hall–Kier alpha value is 0.0500. The number of hydrogen-bond acceptors (Lipinski definition) is 2. The molecule has 0 aliphatic carbocycles. The fourth-order valence-corrected chi connectivity index (χ4v) is 1.91. The Labute approximate surface area is 107 Å². The van der Waals surface area contributed by atoms with Crippen LogP contribution in [0.5, 0.6) is 0 Å². The van der Waals surface area contributed by atoms with Gasteiger partial charge in [0.15, 0.2) is 0 Å². The molecule has 16 heavy (non-hydrogen) atoms. The first-order valence-electron chi connectivity index (χ1n) is 6.78. The normalized spacial score (nSPS) is 11.4. The van der Waals surface area contributed by atoms with Crippen molar-refractivity contribution >= 4 is 12.6 Å². The van der Waals surface area contributed by atoms with E-state index < -0.39 is 0 Å². The van der Waals surface area contributed by atoms with Gasteiger partial charge in [-0.3, -0.25) is 0 Å². The summed E-state index contributed by atoms with van der Waals surface area (Å²) in [5.41, 5.74) is 0. The van der Waals surface area contributed by atoms with Gasteiger partial charge in [0.1, 0.15) is 0 Å². The van der Waals surface area contributed by atoms with Crippen molar-refractivity contribution in [1.29, 1.82) is 0 Å². The van der Waals surface area contributed by atoms with E-state index in [1.54, 1.807) is 0 Å². The predicted octanol–water partition coefficient (Wildman–Crippen LogP) is 4.37. The topological polar surface area (TPSA) is 20.2 Å². The summed E-state index contributed by atoms with van der Waals surface area (Å²) in [5, 5.41) is 8.61. The average molecular weight is 244 g/mol. The van der Waals surface area contributed by atoms with Gasteiger partial charge in [-0.1, -0.05) is 37.8 Å². The molecular formula is C14H28OS. The fourth-order valence-electron chi connectivity index (χ4n) is 1.69. The Kier molecular flexibility index (Phi) is 15.1. The molecule has 0 rings (SSSR count). The van der Waals surface area contributed by atoms with Crippen LogP contribution in [0.25, 0.3) is 0 Å². The van der Waals surface area contributed by atoms with Crippen LogP contribution in [0, 0.1) is 0 Å². The third kappa shape index (κ3) is 14.1. The lowest BCUT2D eigenvalue weighted by Crippen LogP contribution is -1.82. The van der Waals surface area contributed by atoms with Crippen LogP contribution in [0.15, 0.2) is 12.2 Å². The maximum atomic E-state index is 8.61. The second kappa shape index (κ2) is 15.0. The van der Waals surface area contributed by atoms with Crippen LogP contribution in [0.2, 0.25) is 0 Å². The van der Waals surface area contributed by atoms with Crippen LogP contribution in [-0.2, 0) is 0 Å². The maximum absolute atomic E-state index is 8.61. The standard InChI is InChI=1S/C14H28OS/c15-13-11-9-7-5-3-1-2-4-6-8-10-12-14-16/h1-2,15-16H,3-14H2/b2-1+. The molecule has 0 bridgehead atoms. The molecule has 0 saturated carbocycles. The van der Waals surface area contributed by atoms with Gasteiger partial charge in [-0.05, 0) is 44.3 Å². The molecule has 0 aliphatic heterocycles. The van der Waals surface area contributed by atoms with Gasteiger partial charge < -0.3 is 5.11 Å². The highest BCUT2D eigenvalue weighted by atomic mass is 32.1. The molecule has 0 aromatic carbocycles. The first-order chi connectivity index (χ1) is 7.91. The lowest BCUT2D eigenvalue weighted by atomic mass is 10.1. The van der Waals surface area contributed by atoms with Crippen molar-refractivity contribution in [3.63, 3.8) is 0 Å². The van der Waals surface area contributed by atoms with E-state index in [0.717, 1.165) is 12.2 Å². The van der Waals surface area contributed by atoms with Gasteiger partial charge in [-0.15, -0.1) is 0 Å². The average Bonchev–Trinajstić information content (AvgIpc) is 2.31. The molecule has 0 heterocycles. The molecule has 0 atom stereocenters. The smallest absolute Gasteiger partial charge is 0.0431 e. The van der Waals surface area contributed by atoms with Crippen LogP contribution in [0.3, 0.4) is 0 Å². The SMILES string of the molecule is OCCCCCC/C=C/CCCCCCS. The van der Waals surface area contributed by atoms with Crippen molar-refractivity contribution in [2.75, 3.05) is 12.4 Å². The molecule has 0 saturated heterocycles. The van der Waals surface area contributed by atoms with Crippen molar-refractivity contribution in [1.82, 2.24) is 0 Å². The van der Waals surface area contributed by atoms with Crippen LogP contribution < -0.4 is 0 Å². The molecule has 0 radical (unpaired) electrons. The number of thiol groups is 1. The Balaban J connectivity index is 2.98. The number of aliphatic hydroxyl groups excluding tert-OH is 1. The molecule has 0 fully saturated rings. The van der Waals surface area contributed by atoms with Crippen LogP contribution in [-0.4, -0.2) is 17.5 Å². The highest BCUT2D eigenvalue weighted by Crippen LogP contribution is 2.06. The predicted molar refractivity (Wildman–Crippen MR) is 76.2 cm³/mol. The molecule has 0 amide bonds. The number of aliphatic hydroxyl groups is 1. The summed E-state index contributed by atoms with van der Waals surface area (Å²) in [6, 6.07) is 0. The minimum atomic E-state index is 0.349. The number of hydrogen-bond donors (Lipinski definition) is 2. The lowest BCUT2D eigenvalue weighted by molar-refractivity contribution is 0.282. The molecular weight excluding hydrogens is 216 g/mol. The summed E-state index contributed by atoms with van der Waals surface area (Å²) in [6.45, 7) is 0.349. The zero-order valence-corrected chi connectivity index (χ0v) is 11.4. The summed E-state index contributed by atoms with van der Waals surface area (Å²) >= 11 is 4.20. The van der Waals surface area contributed by atoms with Gasteiger partial charge in [-0.25, -0.2) is 0 Å². The van der Waals surface area contributed by atoms with Crippen LogP contribution >= 0.6 is 12.6 Å². The summed E-state index contributed by atoms with van der Waals surface area (Å²) in [6.07, 6.45) is 17.0. The third-order valence-electron chi connectivity index (χ3n) is 2.72. The second-order valence-electron chi connectivity index (χ2n) is 4.32. The zero-order chi connectivity index (χ0) is 11.9. The van der Waals surface area contributed by atoms with E-state index in [1.807, 2.05) is 0 Å². The van der Waals surface area contributed by atoms with E-state index in [0.29, 0.717) is 6.61 Å². The maximum Gasteiger partial charge on any atom is 0.0431 e. The first-order valence-corrected chi connectivity index (χ1v) is 7.41. The first kappa shape index (κ1) is 16.1. The van der Waals surface area contributed by atoms with E-state index in [2.05, 4.69) is 24.8 Å². The molecule has 1 nitrogen and oxygen atoms in total. The minimum Gasteiger partial charge on any atom is -0.396 e. The quantitative estimate of drug-likeness (QED) is 0.297. The van der Waals surface area contributed by atoms with E-state index in [4.69, 9.17) is 5.11 Å². The summed E-state index contributed by atoms with van der Waals surface area (Å²) < 4.78 is 0. The van der Waals surface area contributed by atoms with Gasteiger partial charge in [-0.2, -0.15) is 12.6 Å². The number of rotatable bonds is 12. The van der Waals surface area contributed by atoms with Crippen molar-refractivity contribution in [2.45, 2.75) is 64.2 Å². The van der Waals surface area contributed by atoms with Gasteiger partial charge >= 0.3 is 0 Å². The van der Waals surface area contributed by atoms with Crippen LogP contribution in [0.4, 0.5) is 0 Å². The molecule has 0 unspecified atom stereocenters. The van der Waals surface area contributed by atoms with Crippen molar-refractivity contribution in [3.8, 4) is 0 Å². The van der Waals surface area contributed by atoms with Crippen molar-refractivity contribution in [3.05, 3.63) is 12.2 Å². The molecule has 0 aromatic heterocycles. The Morgan fingerprint density at radius 3 is 1.69 bits per heavy atom. The second-order valence-corrected chi connectivity index (χ2v) is 4.77. The van der Waals surface area contributed by atoms with Gasteiger partial charge in [0.05, 0.1) is 0 Å². The van der Waals surface area contributed by atoms with Gasteiger partial charge in [0.2, 0.25) is 0 Å². The molecule has 0 spiro atoms. The monoisotopic (exact) mass is 244 g/mol. The fraction of sp³-hybridized carbons (Fsp3) is 0.857. The Morgan fingerprint density at radius 1 is 0.688 bits per heavy atom. The largest absolute Gasteiger partial charge is 0.396 e. The minimum absolute atomic E-state index is 0.349. The molecule has 2 heteroatoms. The number of unbranched alkanes of at least 4 members (excludes halogenated alkanes) is 8. The molecule has 96 valence electrons. The summed E-state index contributed by atoms with van der Waals surface area (Å²) in [7, 11) is 0. The molecule has 0 aliphatic rings. The Morgan fingerprint density at radius 2 is 1.19 bits per heavy atom. The number of allylic oxidation sites excluding steroid dienone is 2. The molecule has 1 N–H and O–H groups in total. The van der Waals surface area contributed by atoms with Crippen molar-refractivity contribution in [2.24, 2.45) is 0 Å². The lowest BCUT2D eigenvalue weighted by Gasteiger charge is -1.97. The van der Waals surface area contributed by atoms with E-state index in [9.17, 15) is 0 Å². The Bertz CT molecular complexity index is 130. The highest BCUT2D eigenvalue weighted by Gasteiger charge is 1.88. The van der Waals surface area contributed by atoms with Gasteiger partial charge in [0, 0.05) is 6.61 Å². The molecule has 0 aromatic rings. The van der Waals surface area contributed by atoms with E-state index in [-0.39, 0.29) is 0 Å². The van der Waals surface area contributed by atoms with Crippen LogP contribution in [0.1, 0.15) is 64.2 Å². The third-order valence-corrected chi connectivity index (χ3v) is 3.04. The summed E-state index contributed by atoms with van der Waals surface area (Å²) in [4.78, 5) is 0. The summed E-state index contributed by atoms with van der Waals surface area (Å²) in [5.74, 6) is 1.03. The van der Waals surface area contributed by atoms with E-state index >= 15 is 0 Å². The van der Waals surface area contributed by atoms with E-state index in [1.165, 1.54) is 57.8 Å². The van der Waals surface area contributed by atoms with Crippen molar-refractivity contribution < 1.29 is 5.11 Å².